The van der Waals surface area contributed by atoms with Crippen molar-refractivity contribution in [1.29, 1.82) is 0 Å². The van der Waals surface area contributed by atoms with Gasteiger partial charge in [-0.3, -0.25) is 14.8 Å². The number of hydrogen-bond donors (Lipinski definition) is 0. The Hall–Kier alpha value is -1.91. The van der Waals surface area contributed by atoms with Crippen LogP contribution in [0.3, 0.4) is 0 Å². The van der Waals surface area contributed by atoms with Gasteiger partial charge >= 0.3 is 0 Å². The molecule has 0 aliphatic rings. The molecule has 0 saturated carbocycles. The molecule has 2 rings (SSSR count). The van der Waals surface area contributed by atoms with Crippen molar-refractivity contribution in [2.24, 2.45) is 7.05 Å². The summed E-state index contributed by atoms with van der Waals surface area (Å²) in [4.78, 5) is 10.2. The van der Waals surface area contributed by atoms with Gasteiger partial charge in [-0.15, -0.1) is 0 Å². The lowest BCUT2D eigenvalue weighted by Gasteiger charge is -1.94. The second kappa shape index (κ2) is 3.34. The van der Waals surface area contributed by atoms with Crippen molar-refractivity contribution in [3.05, 3.63) is 34.0 Å². The molecule has 1 aromatic heterocycles. The third-order valence-corrected chi connectivity index (χ3v) is 2.46. The van der Waals surface area contributed by atoms with E-state index in [9.17, 15) is 10.1 Å². The average Bonchev–Trinajstić information content (AvgIpc) is 2.55. The molecular weight excluding hydrogens is 194 g/mol. The van der Waals surface area contributed by atoms with Crippen molar-refractivity contribution in [3.63, 3.8) is 0 Å². The van der Waals surface area contributed by atoms with Gasteiger partial charge < -0.3 is 0 Å². The van der Waals surface area contributed by atoms with Crippen molar-refractivity contribution in [3.8, 4) is 0 Å². The van der Waals surface area contributed by atoms with Gasteiger partial charge in [0.05, 0.1) is 16.1 Å². The van der Waals surface area contributed by atoms with Crippen LogP contribution in [0.15, 0.2) is 18.2 Å². The summed E-state index contributed by atoms with van der Waals surface area (Å²) in [7, 11) is 1.80. The lowest BCUT2D eigenvalue weighted by atomic mass is 10.1. The quantitative estimate of drug-likeness (QED) is 0.556. The molecule has 5 heteroatoms. The van der Waals surface area contributed by atoms with Crippen LogP contribution in [0, 0.1) is 10.1 Å². The van der Waals surface area contributed by atoms with Gasteiger partial charge in [-0.25, -0.2) is 0 Å². The third-order valence-electron chi connectivity index (χ3n) is 2.46. The first kappa shape index (κ1) is 9.64. The zero-order valence-electron chi connectivity index (χ0n) is 8.60. The first-order chi connectivity index (χ1) is 7.13. The molecule has 0 atom stereocenters. The molecule has 0 spiro atoms. The molecule has 0 amide bonds. The summed E-state index contributed by atoms with van der Waals surface area (Å²) in [6.07, 6.45) is 0.829. The fraction of sp³-hybridized carbons (Fsp3) is 0.300. The summed E-state index contributed by atoms with van der Waals surface area (Å²) >= 11 is 0. The fourth-order valence-corrected chi connectivity index (χ4v) is 1.70. The molecule has 0 N–H and O–H groups in total. The normalized spacial score (nSPS) is 10.8. The molecule has 78 valence electrons. The molecule has 5 nitrogen and oxygen atoms in total. The number of nitro groups is 1. The highest BCUT2D eigenvalue weighted by atomic mass is 16.6. The maximum absolute atomic E-state index is 10.6. The van der Waals surface area contributed by atoms with E-state index < -0.39 is 4.92 Å². The third kappa shape index (κ3) is 1.45. The predicted octanol–water partition coefficient (Wildman–Crippen LogP) is 2.04. The van der Waals surface area contributed by atoms with Crippen LogP contribution in [-0.4, -0.2) is 14.7 Å². The van der Waals surface area contributed by atoms with E-state index in [0.717, 1.165) is 23.0 Å². The second-order valence-corrected chi connectivity index (χ2v) is 3.38. The molecule has 0 aliphatic heterocycles. The Morgan fingerprint density at radius 1 is 1.53 bits per heavy atom. The lowest BCUT2D eigenvalue weighted by molar-refractivity contribution is -0.384. The summed E-state index contributed by atoms with van der Waals surface area (Å²) in [5.41, 5.74) is 1.89. The molecule has 0 unspecified atom stereocenters. The van der Waals surface area contributed by atoms with E-state index in [-0.39, 0.29) is 5.69 Å². The van der Waals surface area contributed by atoms with Gasteiger partial charge in [0.25, 0.3) is 5.69 Å². The average molecular weight is 205 g/mol. The van der Waals surface area contributed by atoms with E-state index in [0.29, 0.717) is 0 Å². The lowest BCUT2D eigenvalue weighted by Crippen LogP contribution is -1.91. The van der Waals surface area contributed by atoms with Gasteiger partial charge in [0.2, 0.25) is 0 Å². The maximum atomic E-state index is 10.6. The topological polar surface area (TPSA) is 61.0 Å². The van der Waals surface area contributed by atoms with E-state index in [1.165, 1.54) is 6.07 Å². The van der Waals surface area contributed by atoms with Crippen molar-refractivity contribution in [1.82, 2.24) is 9.78 Å². The second-order valence-electron chi connectivity index (χ2n) is 3.38. The largest absolute Gasteiger partial charge is 0.271 e. The highest BCUT2D eigenvalue weighted by Crippen LogP contribution is 2.23. The van der Waals surface area contributed by atoms with Crippen molar-refractivity contribution in [2.75, 3.05) is 0 Å². The minimum atomic E-state index is -0.391. The zero-order valence-corrected chi connectivity index (χ0v) is 8.60. The highest BCUT2D eigenvalue weighted by molar-refractivity contribution is 5.84. The monoisotopic (exact) mass is 205 g/mol. The molecule has 0 fully saturated rings. The van der Waals surface area contributed by atoms with Crippen molar-refractivity contribution in [2.45, 2.75) is 13.3 Å². The van der Waals surface area contributed by atoms with Gasteiger partial charge in [-0.05, 0) is 12.5 Å². The van der Waals surface area contributed by atoms with Crippen LogP contribution in [0.5, 0.6) is 0 Å². The Kier molecular flexibility index (Phi) is 2.15. The minimum absolute atomic E-state index is 0.105. The van der Waals surface area contributed by atoms with Crippen LogP contribution in [0.4, 0.5) is 5.69 Å². The summed E-state index contributed by atoms with van der Waals surface area (Å²) in [6, 6.07) is 4.84. The van der Waals surface area contributed by atoms with Crippen LogP contribution in [0.2, 0.25) is 0 Å². The Labute approximate surface area is 86.5 Å². The standard InChI is InChI=1S/C10H11N3O2/c1-3-9-8-5-4-7(13(14)15)6-10(8)12(2)11-9/h4-6H,3H2,1-2H3. The number of non-ortho nitro benzene ring substituents is 1. The van der Waals surface area contributed by atoms with Crippen LogP contribution in [0.25, 0.3) is 10.9 Å². The van der Waals surface area contributed by atoms with E-state index >= 15 is 0 Å². The molecule has 0 aliphatic carbocycles. The Morgan fingerprint density at radius 2 is 2.27 bits per heavy atom. The SMILES string of the molecule is CCc1nn(C)c2cc([N+](=O)[O-])ccc12. The number of aryl methyl sites for hydroxylation is 2. The Morgan fingerprint density at radius 3 is 2.87 bits per heavy atom. The molecule has 1 heterocycles. The summed E-state index contributed by atoms with van der Waals surface area (Å²) < 4.78 is 1.68. The first-order valence-electron chi connectivity index (χ1n) is 4.73. The van der Waals surface area contributed by atoms with Gasteiger partial charge in [-0.2, -0.15) is 5.10 Å². The van der Waals surface area contributed by atoms with Crippen molar-refractivity contribution >= 4 is 16.6 Å². The van der Waals surface area contributed by atoms with Crippen LogP contribution >= 0.6 is 0 Å². The van der Waals surface area contributed by atoms with E-state index in [1.807, 2.05) is 6.92 Å². The number of aromatic nitrogens is 2. The van der Waals surface area contributed by atoms with Crippen LogP contribution in [-0.2, 0) is 13.5 Å². The van der Waals surface area contributed by atoms with E-state index in [2.05, 4.69) is 5.10 Å². The molecule has 15 heavy (non-hydrogen) atoms. The fourth-order valence-electron chi connectivity index (χ4n) is 1.70. The van der Waals surface area contributed by atoms with Crippen LogP contribution < -0.4 is 0 Å². The summed E-state index contributed by atoms with van der Waals surface area (Å²) in [5, 5.41) is 15.9. The van der Waals surface area contributed by atoms with Gasteiger partial charge in [0.1, 0.15) is 0 Å². The van der Waals surface area contributed by atoms with Gasteiger partial charge in [0, 0.05) is 24.6 Å². The van der Waals surface area contributed by atoms with E-state index in [1.54, 1.807) is 23.9 Å². The van der Waals surface area contributed by atoms with Crippen LogP contribution in [0.1, 0.15) is 12.6 Å². The maximum Gasteiger partial charge on any atom is 0.271 e. The minimum Gasteiger partial charge on any atom is -0.267 e. The number of hydrogen-bond acceptors (Lipinski definition) is 3. The molecule has 0 bridgehead atoms. The van der Waals surface area contributed by atoms with E-state index in [4.69, 9.17) is 0 Å². The molecule has 0 radical (unpaired) electrons. The van der Waals surface area contributed by atoms with Gasteiger partial charge in [0.15, 0.2) is 0 Å². The predicted molar refractivity (Wildman–Crippen MR) is 56.7 cm³/mol. The number of benzene rings is 1. The number of rotatable bonds is 2. The number of fused-ring (bicyclic) bond motifs is 1. The van der Waals surface area contributed by atoms with Gasteiger partial charge in [-0.1, -0.05) is 6.92 Å². The molecule has 1 aromatic carbocycles. The van der Waals surface area contributed by atoms with Crippen molar-refractivity contribution < 1.29 is 4.92 Å². The highest BCUT2D eigenvalue weighted by Gasteiger charge is 2.11. The Bertz CT molecular complexity index is 531. The molecule has 0 saturated heterocycles. The molecule has 2 aromatic rings. The summed E-state index contributed by atoms with van der Waals surface area (Å²) in [6.45, 7) is 2.02. The zero-order chi connectivity index (χ0) is 11.0. The smallest absolute Gasteiger partial charge is 0.267 e. The number of nitrogens with zero attached hydrogens (tertiary/aromatic N) is 3. The molecular formula is C10H11N3O2. The Balaban J connectivity index is 2.72. The first-order valence-corrected chi connectivity index (χ1v) is 4.73. The summed E-state index contributed by atoms with van der Waals surface area (Å²) in [5.74, 6) is 0. The number of nitro benzene ring substituents is 1.